The number of piperazine rings is 1. The molecule has 2 N–H and O–H groups in total. The van der Waals surface area contributed by atoms with Gasteiger partial charge >= 0.3 is 0 Å². The van der Waals surface area contributed by atoms with Crippen LogP contribution in [0.25, 0.3) is 0 Å². The van der Waals surface area contributed by atoms with Crippen LogP contribution in [-0.4, -0.2) is 36.0 Å². The van der Waals surface area contributed by atoms with Crippen molar-refractivity contribution in [3.8, 4) is 0 Å². The summed E-state index contributed by atoms with van der Waals surface area (Å²) in [7, 11) is 0. The number of anilines is 3. The van der Waals surface area contributed by atoms with Gasteiger partial charge in [0.05, 0.1) is 26.2 Å². The molecule has 140 valence electrons. The van der Waals surface area contributed by atoms with Crippen molar-refractivity contribution in [1.29, 1.82) is 0 Å². The van der Waals surface area contributed by atoms with Gasteiger partial charge in [-0.2, -0.15) is 4.68 Å². The highest BCUT2D eigenvalue weighted by Crippen LogP contribution is 2.20. The standard InChI is InChI=1S/C20H23N5S2/c1-16-7-9-17(10-8-16)21-19-22-25(20(26)27-19)15-23-11-13-24(14-12-23)18-5-3-2-4-6-18/h2-10H,11-15H2,1H3,(H,21,22)/p+1. The second kappa shape index (κ2) is 8.21. The highest BCUT2D eigenvalue weighted by Gasteiger charge is 2.21. The molecule has 0 spiro atoms. The Morgan fingerprint density at radius 1 is 1.07 bits per heavy atom. The summed E-state index contributed by atoms with van der Waals surface area (Å²) >= 11 is 7.06. The van der Waals surface area contributed by atoms with Gasteiger partial charge in [0.25, 0.3) is 0 Å². The highest BCUT2D eigenvalue weighted by atomic mass is 32.1. The van der Waals surface area contributed by atoms with Crippen molar-refractivity contribution in [2.45, 2.75) is 13.6 Å². The van der Waals surface area contributed by atoms with Crippen molar-refractivity contribution in [2.24, 2.45) is 0 Å². The molecule has 1 aliphatic heterocycles. The Kier molecular flexibility index (Phi) is 5.52. The minimum atomic E-state index is 0.822. The van der Waals surface area contributed by atoms with E-state index in [-0.39, 0.29) is 0 Å². The number of aryl methyl sites for hydroxylation is 1. The van der Waals surface area contributed by atoms with E-state index in [0.29, 0.717) is 0 Å². The van der Waals surface area contributed by atoms with E-state index < -0.39 is 0 Å². The molecule has 4 rings (SSSR count). The molecule has 0 radical (unpaired) electrons. The lowest BCUT2D eigenvalue weighted by Crippen LogP contribution is -3.14. The van der Waals surface area contributed by atoms with Gasteiger partial charge in [0, 0.05) is 11.4 Å². The molecule has 1 aromatic heterocycles. The maximum absolute atomic E-state index is 5.53. The summed E-state index contributed by atoms with van der Waals surface area (Å²) in [5, 5.41) is 8.90. The molecule has 2 aromatic carbocycles. The average molecular weight is 399 g/mol. The van der Waals surface area contributed by atoms with Crippen LogP contribution in [0, 0.1) is 10.9 Å². The summed E-state index contributed by atoms with van der Waals surface area (Å²) in [6.45, 7) is 7.22. The first-order valence-corrected chi connectivity index (χ1v) is 10.4. The molecule has 27 heavy (non-hydrogen) atoms. The zero-order valence-corrected chi connectivity index (χ0v) is 17.0. The van der Waals surface area contributed by atoms with Crippen molar-refractivity contribution in [2.75, 3.05) is 36.4 Å². The molecule has 0 unspecified atom stereocenters. The van der Waals surface area contributed by atoms with Crippen LogP contribution in [-0.2, 0) is 6.67 Å². The van der Waals surface area contributed by atoms with E-state index in [4.69, 9.17) is 12.2 Å². The van der Waals surface area contributed by atoms with Crippen molar-refractivity contribution in [3.63, 3.8) is 0 Å². The normalized spacial score (nSPS) is 15.1. The third-order valence-electron chi connectivity index (χ3n) is 4.87. The fraction of sp³-hybridized carbons (Fsp3) is 0.300. The maximum Gasteiger partial charge on any atom is 0.209 e. The van der Waals surface area contributed by atoms with Crippen LogP contribution in [0.4, 0.5) is 16.5 Å². The smallest absolute Gasteiger partial charge is 0.209 e. The molecule has 0 aliphatic carbocycles. The van der Waals surface area contributed by atoms with Gasteiger partial charge < -0.3 is 15.1 Å². The molecular formula is C20H24N5S2+. The third kappa shape index (κ3) is 4.55. The summed E-state index contributed by atoms with van der Waals surface area (Å²) in [4.78, 5) is 3.97. The van der Waals surface area contributed by atoms with Crippen LogP contribution in [0.3, 0.4) is 0 Å². The third-order valence-corrected chi connectivity index (χ3v) is 6.10. The van der Waals surface area contributed by atoms with Crippen LogP contribution in [0.5, 0.6) is 0 Å². The average Bonchev–Trinajstić information content (AvgIpc) is 3.04. The molecule has 2 heterocycles. The van der Waals surface area contributed by atoms with E-state index in [9.17, 15) is 0 Å². The monoisotopic (exact) mass is 398 g/mol. The Morgan fingerprint density at radius 2 is 1.78 bits per heavy atom. The number of para-hydroxylation sites is 1. The number of benzene rings is 2. The highest BCUT2D eigenvalue weighted by molar-refractivity contribution is 7.73. The van der Waals surface area contributed by atoms with Crippen molar-refractivity contribution in [1.82, 2.24) is 9.78 Å². The molecule has 0 atom stereocenters. The first kappa shape index (κ1) is 18.2. The SMILES string of the molecule is Cc1ccc(Nc2nn(C[NH+]3CCN(c4ccccc4)CC3)c(=S)s2)cc1. The lowest BCUT2D eigenvalue weighted by atomic mass is 10.2. The molecular weight excluding hydrogens is 374 g/mol. The number of hydrogen-bond acceptors (Lipinski definition) is 5. The zero-order chi connectivity index (χ0) is 18.6. The number of rotatable bonds is 5. The van der Waals surface area contributed by atoms with Crippen LogP contribution < -0.4 is 15.1 Å². The Bertz CT molecular complexity index is 925. The largest absolute Gasteiger partial charge is 0.360 e. The van der Waals surface area contributed by atoms with Crippen molar-refractivity contribution >= 4 is 40.1 Å². The minimum absolute atomic E-state index is 0.822. The number of quaternary nitrogens is 1. The first-order chi connectivity index (χ1) is 13.2. The summed E-state index contributed by atoms with van der Waals surface area (Å²) in [6.07, 6.45) is 0. The van der Waals surface area contributed by atoms with Crippen LogP contribution in [0.1, 0.15) is 5.56 Å². The Morgan fingerprint density at radius 3 is 2.48 bits per heavy atom. The minimum Gasteiger partial charge on any atom is -0.360 e. The van der Waals surface area contributed by atoms with Gasteiger partial charge in [0.1, 0.15) is 0 Å². The Balaban J connectivity index is 1.36. The molecule has 0 saturated carbocycles. The fourth-order valence-electron chi connectivity index (χ4n) is 3.31. The van der Waals surface area contributed by atoms with Crippen molar-refractivity contribution < 1.29 is 4.90 Å². The lowest BCUT2D eigenvalue weighted by Gasteiger charge is -2.33. The van der Waals surface area contributed by atoms with Gasteiger partial charge in [0.15, 0.2) is 10.6 Å². The van der Waals surface area contributed by atoms with Crippen LogP contribution >= 0.6 is 23.6 Å². The number of nitrogens with one attached hydrogen (secondary N) is 2. The molecule has 1 saturated heterocycles. The second-order valence-electron chi connectivity index (χ2n) is 6.89. The molecule has 5 nitrogen and oxygen atoms in total. The Labute approximate surface area is 168 Å². The summed E-state index contributed by atoms with van der Waals surface area (Å²) in [5.41, 5.74) is 3.60. The van der Waals surface area contributed by atoms with Crippen molar-refractivity contribution in [3.05, 3.63) is 64.1 Å². The summed E-state index contributed by atoms with van der Waals surface area (Å²) in [6, 6.07) is 19.0. The molecule has 7 heteroatoms. The second-order valence-corrected chi connectivity index (χ2v) is 8.52. The number of nitrogens with zero attached hydrogens (tertiary/aromatic N) is 3. The van der Waals surface area contributed by atoms with Crippen LogP contribution in [0.15, 0.2) is 54.6 Å². The van der Waals surface area contributed by atoms with Gasteiger partial charge in [0.2, 0.25) is 5.13 Å². The van der Waals surface area contributed by atoms with E-state index in [2.05, 4.69) is 76.8 Å². The number of hydrogen-bond donors (Lipinski definition) is 2. The molecule has 1 aliphatic rings. The van der Waals surface area contributed by atoms with E-state index in [1.807, 2.05) is 4.68 Å². The van der Waals surface area contributed by atoms with E-state index in [1.165, 1.54) is 27.5 Å². The molecule has 0 amide bonds. The zero-order valence-electron chi connectivity index (χ0n) is 15.4. The Hall–Kier alpha value is -2.22. The molecule has 3 aromatic rings. The summed E-state index contributed by atoms with van der Waals surface area (Å²) in [5.74, 6) is 0. The van der Waals surface area contributed by atoms with E-state index in [0.717, 1.165) is 47.6 Å². The van der Waals surface area contributed by atoms with Gasteiger partial charge in [-0.1, -0.05) is 47.2 Å². The molecule has 1 fully saturated rings. The number of aromatic nitrogens is 2. The lowest BCUT2D eigenvalue weighted by molar-refractivity contribution is -0.924. The quantitative estimate of drug-likeness (QED) is 0.648. The molecule has 0 bridgehead atoms. The maximum atomic E-state index is 5.53. The predicted octanol–water partition coefficient (Wildman–Crippen LogP) is 3.09. The van der Waals surface area contributed by atoms with Crippen LogP contribution in [0.2, 0.25) is 0 Å². The van der Waals surface area contributed by atoms with E-state index >= 15 is 0 Å². The van der Waals surface area contributed by atoms with E-state index in [1.54, 1.807) is 0 Å². The van der Waals surface area contributed by atoms with Gasteiger partial charge in [-0.3, -0.25) is 0 Å². The first-order valence-electron chi connectivity index (χ1n) is 9.22. The predicted molar refractivity (Wildman–Crippen MR) is 115 cm³/mol. The van der Waals surface area contributed by atoms with Gasteiger partial charge in [-0.05, 0) is 43.4 Å². The fourth-order valence-corrected chi connectivity index (χ4v) is 4.33. The topological polar surface area (TPSA) is 37.5 Å². The van der Waals surface area contributed by atoms with Gasteiger partial charge in [-0.15, -0.1) is 5.10 Å². The van der Waals surface area contributed by atoms with Gasteiger partial charge in [-0.25, -0.2) is 0 Å². The summed E-state index contributed by atoms with van der Waals surface area (Å²) < 4.78 is 2.78.